The first kappa shape index (κ1) is 23.0. The van der Waals surface area contributed by atoms with Crippen LogP contribution < -0.4 is 14.8 Å². The Labute approximate surface area is 198 Å². The number of ketones is 1. The van der Waals surface area contributed by atoms with Crippen molar-refractivity contribution in [2.75, 3.05) is 7.11 Å². The van der Waals surface area contributed by atoms with Crippen molar-refractivity contribution in [3.63, 3.8) is 0 Å². The summed E-state index contributed by atoms with van der Waals surface area (Å²) in [6.45, 7) is 4.06. The molecule has 0 spiro atoms. The molecule has 4 rings (SSSR count). The number of nitrogens with one attached hydrogen (secondary N) is 1. The molecule has 4 aromatic rings. The van der Waals surface area contributed by atoms with Gasteiger partial charge in [0.05, 0.1) is 12.6 Å². The molecule has 1 heterocycles. The fourth-order valence-corrected chi connectivity index (χ4v) is 3.70. The van der Waals surface area contributed by atoms with Crippen LogP contribution in [0.4, 0.5) is 0 Å². The van der Waals surface area contributed by atoms with Crippen molar-refractivity contribution in [3.05, 3.63) is 95.2 Å². The number of nitrogens with zero attached hydrogens (tertiary/aromatic N) is 1. The van der Waals surface area contributed by atoms with Gasteiger partial charge in [0.1, 0.15) is 17.2 Å². The van der Waals surface area contributed by atoms with Gasteiger partial charge in [-0.3, -0.25) is 14.6 Å². The van der Waals surface area contributed by atoms with E-state index in [0.717, 1.165) is 27.8 Å². The maximum absolute atomic E-state index is 12.9. The lowest BCUT2D eigenvalue weighted by Gasteiger charge is -2.14. The highest BCUT2D eigenvalue weighted by Crippen LogP contribution is 2.33. The summed E-state index contributed by atoms with van der Waals surface area (Å²) in [5, 5.41) is 3.80. The molecule has 0 atom stereocenters. The van der Waals surface area contributed by atoms with Crippen molar-refractivity contribution < 1.29 is 19.1 Å². The molecule has 0 aliphatic heterocycles. The number of rotatable bonds is 8. The number of hydrogen-bond donors (Lipinski definition) is 1. The van der Waals surface area contributed by atoms with Crippen LogP contribution in [0.3, 0.4) is 0 Å². The number of aromatic nitrogens is 1. The Morgan fingerprint density at radius 1 is 0.971 bits per heavy atom. The van der Waals surface area contributed by atoms with Crippen LogP contribution in [0.5, 0.6) is 17.2 Å². The molecule has 0 unspecified atom stereocenters. The second-order valence-corrected chi connectivity index (χ2v) is 7.88. The highest BCUT2D eigenvalue weighted by atomic mass is 16.5. The van der Waals surface area contributed by atoms with E-state index in [4.69, 9.17) is 9.47 Å². The molecule has 34 heavy (non-hydrogen) atoms. The highest BCUT2D eigenvalue weighted by Gasteiger charge is 2.14. The van der Waals surface area contributed by atoms with E-state index >= 15 is 0 Å². The van der Waals surface area contributed by atoms with Crippen molar-refractivity contribution >= 4 is 22.6 Å². The van der Waals surface area contributed by atoms with Gasteiger partial charge in [0.15, 0.2) is 5.78 Å². The van der Waals surface area contributed by atoms with E-state index in [9.17, 15) is 9.59 Å². The topological polar surface area (TPSA) is 77.5 Å². The van der Waals surface area contributed by atoms with Crippen LogP contribution in [-0.2, 0) is 6.54 Å². The predicted molar refractivity (Wildman–Crippen MR) is 132 cm³/mol. The number of amides is 1. The second kappa shape index (κ2) is 10.2. The van der Waals surface area contributed by atoms with E-state index in [-0.39, 0.29) is 11.7 Å². The maximum atomic E-state index is 12.9. The third-order valence-corrected chi connectivity index (χ3v) is 5.71. The molecular weight excluding hydrogens is 428 g/mol. The van der Waals surface area contributed by atoms with Gasteiger partial charge < -0.3 is 14.8 Å². The Morgan fingerprint density at radius 2 is 1.76 bits per heavy atom. The normalized spacial score (nSPS) is 10.7. The molecule has 0 aliphatic carbocycles. The molecule has 6 nitrogen and oxygen atoms in total. The maximum Gasteiger partial charge on any atom is 0.251 e. The van der Waals surface area contributed by atoms with Crippen LogP contribution in [0.2, 0.25) is 0 Å². The summed E-state index contributed by atoms with van der Waals surface area (Å²) in [5.74, 6) is 1.87. The minimum absolute atomic E-state index is 0.101. The van der Waals surface area contributed by atoms with Gasteiger partial charge in [-0.15, -0.1) is 0 Å². The third-order valence-electron chi connectivity index (χ3n) is 5.71. The molecule has 0 radical (unpaired) electrons. The Balaban J connectivity index is 1.50. The van der Waals surface area contributed by atoms with E-state index < -0.39 is 0 Å². The van der Waals surface area contributed by atoms with Gasteiger partial charge in [-0.05, 0) is 42.8 Å². The molecule has 172 valence electrons. The van der Waals surface area contributed by atoms with Crippen LogP contribution in [-0.4, -0.2) is 23.8 Å². The predicted octanol–water partition coefficient (Wildman–Crippen LogP) is 5.87. The Morgan fingerprint density at radius 3 is 2.50 bits per heavy atom. The molecule has 1 aromatic heterocycles. The van der Waals surface area contributed by atoms with Crippen LogP contribution in [0.15, 0.2) is 72.9 Å². The van der Waals surface area contributed by atoms with E-state index in [0.29, 0.717) is 35.6 Å². The highest BCUT2D eigenvalue weighted by molar-refractivity contribution is 5.97. The lowest BCUT2D eigenvalue weighted by Crippen LogP contribution is -2.23. The average Bonchev–Trinajstić information content (AvgIpc) is 2.88. The number of carbonyl (C=O) groups excluding carboxylic acids is 2. The first-order valence-corrected chi connectivity index (χ1v) is 11.1. The molecule has 0 saturated heterocycles. The second-order valence-electron chi connectivity index (χ2n) is 7.88. The minimum atomic E-state index is -0.194. The smallest absolute Gasteiger partial charge is 0.251 e. The van der Waals surface area contributed by atoms with Gasteiger partial charge in [-0.25, -0.2) is 0 Å². The zero-order chi connectivity index (χ0) is 24.1. The monoisotopic (exact) mass is 454 g/mol. The zero-order valence-electron chi connectivity index (χ0n) is 19.4. The van der Waals surface area contributed by atoms with Gasteiger partial charge in [0.2, 0.25) is 0 Å². The van der Waals surface area contributed by atoms with Crippen molar-refractivity contribution in [1.29, 1.82) is 0 Å². The van der Waals surface area contributed by atoms with Gasteiger partial charge in [0, 0.05) is 47.3 Å². The zero-order valence-corrected chi connectivity index (χ0v) is 19.4. The first-order valence-electron chi connectivity index (χ1n) is 11.1. The quantitative estimate of drug-likeness (QED) is 0.337. The number of methoxy groups -OCH3 is 1. The van der Waals surface area contributed by atoms with E-state index in [1.54, 1.807) is 43.6 Å². The number of Topliss-reactive ketones (excluding diaryl/α,β-unsaturated/α-hetero) is 1. The molecule has 3 aromatic carbocycles. The summed E-state index contributed by atoms with van der Waals surface area (Å²) in [6.07, 6.45) is 2.15. The van der Waals surface area contributed by atoms with Crippen LogP contribution in [0, 0.1) is 6.92 Å². The fourth-order valence-electron chi connectivity index (χ4n) is 3.70. The Kier molecular flexibility index (Phi) is 6.87. The fraction of sp³-hybridized carbons (Fsp3) is 0.179. The standard InChI is InChI=1S/C28H26N2O4/c1-4-25(31)20-10-8-19(9-11-20)17-30-28(32)22-6-5-7-26(18(22)2)34-27-14-15-29-24-16-21(33-3)12-13-23(24)27/h5-16H,4,17H2,1-3H3,(H,30,32). The molecule has 1 N–H and O–H groups in total. The summed E-state index contributed by atoms with van der Waals surface area (Å²) in [5.41, 5.74) is 3.64. The summed E-state index contributed by atoms with van der Waals surface area (Å²) >= 11 is 0. The summed E-state index contributed by atoms with van der Waals surface area (Å²) in [4.78, 5) is 29.1. The average molecular weight is 455 g/mol. The molecule has 6 heteroatoms. The van der Waals surface area contributed by atoms with Crippen molar-refractivity contribution in [2.24, 2.45) is 0 Å². The third kappa shape index (κ3) is 4.91. The summed E-state index contributed by atoms with van der Waals surface area (Å²) in [6, 6.07) is 20.1. The first-order chi connectivity index (χ1) is 16.5. The van der Waals surface area contributed by atoms with Crippen molar-refractivity contribution in [3.8, 4) is 17.2 Å². The van der Waals surface area contributed by atoms with Crippen LogP contribution in [0.25, 0.3) is 10.9 Å². The number of carbonyl (C=O) groups is 2. The minimum Gasteiger partial charge on any atom is -0.497 e. The molecule has 0 aliphatic rings. The Hall–Kier alpha value is -4.19. The van der Waals surface area contributed by atoms with E-state index in [1.165, 1.54) is 0 Å². The summed E-state index contributed by atoms with van der Waals surface area (Å²) < 4.78 is 11.5. The molecule has 0 bridgehead atoms. The molecule has 0 fully saturated rings. The number of ether oxygens (including phenoxy) is 2. The van der Waals surface area contributed by atoms with Gasteiger partial charge in [-0.1, -0.05) is 37.3 Å². The number of pyridine rings is 1. The van der Waals surface area contributed by atoms with Crippen molar-refractivity contribution in [1.82, 2.24) is 10.3 Å². The number of fused-ring (bicyclic) bond motifs is 1. The largest absolute Gasteiger partial charge is 0.497 e. The summed E-state index contributed by atoms with van der Waals surface area (Å²) in [7, 11) is 1.61. The van der Waals surface area contributed by atoms with Gasteiger partial charge in [0.25, 0.3) is 5.91 Å². The van der Waals surface area contributed by atoms with Gasteiger partial charge in [-0.2, -0.15) is 0 Å². The SMILES string of the molecule is CCC(=O)c1ccc(CNC(=O)c2cccc(Oc3ccnc4cc(OC)ccc34)c2C)cc1. The van der Waals surface area contributed by atoms with E-state index in [2.05, 4.69) is 10.3 Å². The van der Waals surface area contributed by atoms with Crippen LogP contribution >= 0.6 is 0 Å². The molecule has 1 amide bonds. The number of hydrogen-bond acceptors (Lipinski definition) is 5. The van der Waals surface area contributed by atoms with Crippen LogP contribution in [0.1, 0.15) is 45.2 Å². The lowest BCUT2D eigenvalue weighted by atomic mass is 10.1. The Bertz CT molecular complexity index is 1350. The molecular formula is C28H26N2O4. The number of benzene rings is 3. The lowest BCUT2D eigenvalue weighted by molar-refractivity contribution is 0.0948. The van der Waals surface area contributed by atoms with E-state index in [1.807, 2.05) is 50.2 Å². The van der Waals surface area contributed by atoms with Crippen molar-refractivity contribution in [2.45, 2.75) is 26.8 Å². The molecule has 0 saturated carbocycles. The van der Waals surface area contributed by atoms with Gasteiger partial charge >= 0.3 is 0 Å².